The molecule has 0 radical (unpaired) electrons. The largest absolute Gasteiger partial charge is 0.322 e. The molecule has 0 spiro atoms. The average Bonchev–Trinajstić information content (AvgIpc) is 2.91. The van der Waals surface area contributed by atoms with Crippen LogP contribution in [0.4, 0.5) is 0 Å². The van der Waals surface area contributed by atoms with Crippen LogP contribution in [0.2, 0.25) is 0 Å². The Labute approximate surface area is 257 Å². The van der Waals surface area contributed by atoms with Crippen molar-refractivity contribution in [3.05, 3.63) is 0 Å². The third kappa shape index (κ3) is 26.3. The molecule has 0 bridgehead atoms. The highest BCUT2D eigenvalue weighted by Gasteiger charge is 2.35. The van der Waals surface area contributed by atoms with Gasteiger partial charge in [-0.15, -0.1) is 0 Å². The molecular weight excluding hydrogens is 535 g/mol. The Hall–Kier alpha value is 0.920. The van der Waals surface area contributed by atoms with Gasteiger partial charge < -0.3 is 9.05 Å². The number of rotatable bonds is 32. The summed E-state index contributed by atoms with van der Waals surface area (Å²) < 4.78 is 13.2. The molecule has 5 heteroatoms. The lowest BCUT2D eigenvalue weighted by Gasteiger charge is -2.37. The summed E-state index contributed by atoms with van der Waals surface area (Å²) in [5, 5.41) is 0. The lowest BCUT2D eigenvalue weighted by molar-refractivity contribution is 0.0330. The quantitative estimate of drug-likeness (QED) is 0.0467. The minimum absolute atomic E-state index is 0.141. The normalized spacial score (nSPS) is 13.7. The van der Waals surface area contributed by atoms with Gasteiger partial charge >= 0.3 is 0 Å². The lowest BCUT2D eigenvalue weighted by atomic mass is 9.85. The summed E-state index contributed by atoms with van der Waals surface area (Å²) in [5.74, 6) is 0. The van der Waals surface area contributed by atoms with Crippen molar-refractivity contribution in [1.82, 2.24) is 0 Å². The summed E-state index contributed by atoms with van der Waals surface area (Å²) >= 11 is 10.9. The Morgan fingerprint density at radius 3 is 1.08 bits per heavy atom. The first-order valence-corrected chi connectivity index (χ1v) is 21.4. The van der Waals surface area contributed by atoms with Crippen LogP contribution >= 0.6 is 17.9 Å². The summed E-state index contributed by atoms with van der Waals surface area (Å²) in [4.78, 5) is 0. The Morgan fingerprint density at radius 2 is 0.744 bits per heavy atom. The predicted molar refractivity (Wildman–Crippen MR) is 185 cm³/mol. The van der Waals surface area contributed by atoms with E-state index in [1.165, 1.54) is 154 Å². The first-order chi connectivity index (χ1) is 18.9. The Bertz CT molecular complexity index is 525. The summed E-state index contributed by atoms with van der Waals surface area (Å²) in [6, 6.07) is 0. The summed E-state index contributed by atoms with van der Waals surface area (Å²) in [6.07, 6.45) is 36.2. The molecule has 0 aromatic rings. The van der Waals surface area contributed by atoms with Gasteiger partial charge in [0.05, 0.1) is 12.2 Å². The molecule has 236 valence electrons. The zero-order chi connectivity index (χ0) is 28.9. The number of thiol groups is 1. The SMILES string of the molecule is CCCCCCCCCC(CCCCCCC)(CCCCCCCCC)OP(=S)(S)OCCCCCCCC. The third-order valence-corrected chi connectivity index (χ3v) is 10.5. The van der Waals surface area contributed by atoms with E-state index in [4.69, 9.17) is 33.1 Å². The van der Waals surface area contributed by atoms with Crippen molar-refractivity contribution in [2.24, 2.45) is 0 Å². The molecule has 1 unspecified atom stereocenters. The van der Waals surface area contributed by atoms with E-state index < -0.39 is 5.69 Å². The van der Waals surface area contributed by atoms with Crippen molar-refractivity contribution in [1.29, 1.82) is 0 Å². The van der Waals surface area contributed by atoms with Crippen LogP contribution in [0.5, 0.6) is 0 Å². The molecule has 0 heterocycles. The van der Waals surface area contributed by atoms with Crippen LogP contribution in [0.3, 0.4) is 0 Å². The summed E-state index contributed by atoms with van der Waals surface area (Å²) in [5.41, 5.74) is -2.69. The van der Waals surface area contributed by atoms with Crippen LogP contribution in [0, 0.1) is 0 Å². The molecule has 0 amide bonds. The van der Waals surface area contributed by atoms with Crippen molar-refractivity contribution >= 4 is 29.7 Å². The van der Waals surface area contributed by atoms with Crippen LogP contribution in [-0.2, 0) is 20.9 Å². The first kappa shape index (κ1) is 39.9. The smallest absolute Gasteiger partial charge is 0.244 e. The molecule has 0 aromatic carbocycles. The maximum atomic E-state index is 6.94. The molecule has 0 aromatic heterocycles. The second kappa shape index (κ2) is 29.0. The van der Waals surface area contributed by atoms with Crippen molar-refractivity contribution in [3.8, 4) is 0 Å². The lowest BCUT2D eigenvalue weighted by Crippen LogP contribution is -2.32. The first-order valence-electron chi connectivity index (χ1n) is 17.6. The Kier molecular flexibility index (Phi) is 29.7. The number of hydrogen-bond acceptors (Lipinski definition) is 3. The van der Waals surface area contributed by atoms with Gasteiger partial charge in [0.25, 0.3) is 0 Å². The maximum Gasteiger partial charge on any atom is 0.244 e. The van der Waals surface area contributed by atoms with Gasteiger partial charge in [-0.2, -0.15) is 0 Å². The van der Waals surface area contributed by atoms with E-state index in [1.54, 1.807) is 0 Å². The minimum Gasteiger partial charge on any atom is -0.322 e. The highest BCUT2D eigenvalue weighted by atomic mass is 32.9. The molecule has 0 rings (SSSR count). The molecule has 0 N–H and O–H groups in total. The zero-order valence-corrected chi connectivity index (χ0v) is 29.7. The fraction of sp³-hybridized carbons (Fsp3) is 1.00. The highest BCUT2D eigenvalue weighted by Crippen LogP contribution is 2.59. The Balaban J connectivity index is 5.12. The summed E-state index contributed by atoms with van der Waals surface area (Å²) in [6.45, 7) is 9.87. The second-order valence-corrected chi connectivity index (χ2v) is 17.5. The fourth-order valence-electron chi connectivity index (χ4n) is 5.70. The molecule has 0 aliphatic heterocycles. The van der Waals surface area contributed by atoms with E-state index in [0.717, 1.165) is 25.7 Å². The van der Waals surface area contributed by atoms with Gasteiger partial charge in [-0.3, -0.25) is 0 Å². The molecular formula is C34H71O2PS2. The fourth-order valence-corrected chi connectivity index (χ4v) is 8.34. The molecule has 1 atom stereocenters. The van der Waals surface area contributed by atoms with Gasteiger partial charge in [0.15, 0.2) is 0 Å². The van der Waals surface area contributed by atoms with Gasteiger partial charge in [0.1, 0.15) is 0 Å². The predicted octanol–water partition coefficient (Wildman–Crippen LogP) is 13.9. The molecule has 0 saturated heterocycles. The topological polar surface area (TPSA) is 18.5 Å². The van der Waals surface area contributed by atoms with Crippen molar-refractivity contribution in [2.75, 3.05) is 6.61 Å². The van der Waals surface area contributed by atoms with Crippen LogP contribution in [-0.4, -0.2) is 12.2 Å². The molecule has 0 fully saturated rings. The average molecular weight is 607 g/mol. The monoisotopic (exact) mass is 606 g/mol. The van der Waals surface area contributed by atoms with Crippen LogP contribution in [0.15, 0.2) is 0 Å². The van der Waals surface area contributed by atoms with Gasteiger partial charge in [-0.05, 0) is 37.5 Å². The van der Waals surface area contributed by atoms with Crippen molar-refractivity contribution in [2.45, 2.75) is 213 Å². The van der Waals surface area contributed by atoms with Crippen molar-refractivity contribution < 1.29 is 9.05 Å². The molecule has 39 heavy (non-hydrogen) atoms. The molecule has 0 saturated carbocycles. The van der Waals surface area contributed by atoms with Gasteiger partial charge in [-0.1, -0.05) is 194 Å². The maximum absolute atomic E-state index is 6.94. The van der Waals surface area contributed by atoms with E-state index in [2.05, 4.69) is 27.7 Å². The van der Waals surface area contributed by atoms with Gasteiger partial charge in [-0.25, -0.2) is 0 Å². The van der Waals surface area contributed by atoms with E-state index >= 15 is 0 Å². The number of unbranched alkanes of at least 4 members (excludes halogenated alkanes) is 21. The highest BCUT2D eigenvalue weighted by molar-refractivity contribution is 8.60. The minimum atomic E-state index is -2.55. The van der Waals surface area contributed by atoms with E-state index in [9.17, 15) is 0 Å². The zero-order valence-electron chi connectivity index (χ0n) is 27.1. The van der Waals surface area contributed by atoms with Crippen LogP contribution < -0.4 is 0 Å². The standard InChI is InChI=1S/C34H71O2PS2/c1-5-9-13-17-20-23-27-31-34(30-26-22-16-12-8-4,32-28-24-21-18-14-10-6-2)36-37(38,39)35-33-29-25-19-15-11-7-3/h5-33H2,1-4H3,(H,38,39). The summed E-state index contributed by atoms with van der Waals surface area (Å²) in [7, 11) is 0. The second-order valence-electron chi connectivity index (χ2n) is 12.3. The van der Waals surface area contributed by atoms with Crippen LogP contribution in [0.1, 0.15) is 207 Å². The molecule has 2 nitrogen and oxygen atoms in total. The van der Waals surface area contributed by atoms with E-state index in [-0.39, 0.29) is 5.60 Å². The van der Waals surface area contributed by atoms with Gasteiger partial charge in [0, 0.05) is 0 Å². The van der Waals surface area contributed by atoms with Crippen LogP contribution in [0.25, 0.3) is 0 Å². The molecule has 0 aliphatic carbocycles. The van der Waals surface area contributed by atoms with Gasteiger partial charge in [0.2, 0.25) is 5.69 Å². The molecule has 0 aliphatic rings. The number of hydrogen-bond donors (Lipinski definition) is 1. The van der Waals surface area contributed by atoms with Crippen molar-refractivity contribution in [3.63, 3.8) is 0 Å². The Morgan fingerprint density at radius 1 is 0.462 bits per heavy atom. The van der Waals surface area contributed by atoms with E-state index in [0.29, 0.717) is 6.61 Å². The third-order valence-electron chi connectivity index (χ3n) is 8.27. The van der Waals surface area contributed by atoms with E-state index in [1.807, 2.05) is 0 Å².